The first-order chi connectivity index (χ1) is 5.43. The van der Waals surface area contributed by atoms with E-state index in [1.54, 1.807) is 0 Å². The monoisotopic (exact) mass is 159 g/mol. The van der Waals surface area contributed by atoms with Gasteiger partial charge < -0.3 is 14.8 Å². The molecule has 0 aromatic carbocycles. The Labute approximate surface area is 68.1 Å². The van der Waals surface area contributed by atoms with Crippen LogP contribution in [0.2, 0.25) is 0 Å². The van der Waals surface area contributed by atoms with Gasteiger partial charge in [0.15, 0.2) is 0 Å². The van der Waals surface area contributed by atoms with E-state index in [9.17, 15) is 0 Å². The van der Waals surface area contributed by atoms with Crippen LogP contribution in [0, 0.1) is 0 Å². The number of hydrogen-bond donors (Lipinski definition) is 1. The van der Waals surface area contributed by atoms with Gasteiger partial charge in [-0.15, -0.1) is 0 Å². The van der Waals surface area contributed by atoms with Crippen LogP contribution in [0.5, 0.6) is 0 Å². The largest absolute Gasteiger partial charge is 0.379 e. The average Bonchev–Trinajstić information content (AvgIpc) is 2.50. The quantitative estimate of drug-likeness (QED) is 0.589. The zero-order valence-electron chi connectivity index (χ0n) is 7.14. The molecule has 0 aliphatic carbocycles. The van der Waals surface area contributed by atoms with E-state index in [1.807, 2.05) is 0 Å². The third-order valence-corrected chi connectivity index (χ3v) is 1.77. The smallest absolute Gasteiger partial charge is 0.0831 e. The Morgan fingerprint density at radius 1 is 1.64 bits per heavy atom. The lowest BCUT2D eigenvalue weighted by molar-refractivity contribution is 0.0447. The second kappa shape index (κ2) is 5.52. The lowest BCUT2D eigenvalue weighted by atomic mass is 10.3. The highest BCUT2D eigenvalue weighted by molar-refractivity contribution is 4.62. The van der Waals surface area contributed by atoms with Crippen molar-refractivity contribution < 1.29 is 9.47 Å². The molecule has 1 fully saturated rings. The third-order valence-electron chi connectivity index (χ3n) is 1.77. The van der Waals surface area contributed by atoms with Crippen molar-refractivity contribution in [3.05, 3.63) is 0 Å². The summed E-state index contributed by atoms with van der Waals surface area (Å²) in [4.78, 5) is 0. The summed E-state index contributed by atoms with van der Waals surface area (Å²) in [5, 5.41) is 3.21. The van der Waals surface area contributed by atoms with Gasteiger partial charge in [-0.05, 0) is 13.0 Å². The van der Waals surface area contributed by atoms with Crippen LogP contribution in [-0.2, 0) is 9.47 Å². The summed E-state index contributed by atoms with van der Waals surface area (Å²) in [7, 11) is 0. The number of ether oxygens (including phenoxy) is 2. The second-order valence-corrected chi connectivity index (χ2v) is 2.71. The van der Waals surface area contributed by atoms with E-state index >= 15 is 0 Å². The molecule has 1 N–H and O–H groups in total. The van der Waals surface area contributed by atoms with Crippen LogP contribution < -0.4 is 5.32 Å². The molecule has 0 aromatic rings. The van der Waals surface area contributed by atoms with Gasteiger partial charge in [0.1, 0.15) is 0 Å². The minimum Gasteiger partial charge on any atom is -0.379 e. The minimum absolute atomic E-state index is 0.355. The molecule has 0 bridgehead atoms. The molecule has 1 aliphatic heterocycles. The van der Waals surface area contributed by atoms with Crippen molar-refractivity contribution in [3.8, 4) is 0 Å². The Bertz CT molecular complexity index is 92.1. The number of hydrogen-bond acceptors (Lipinski definition) is 3. The summed E-state index contributed by atoms with van der Waals surface area (Å²) in [5.74, 6) is 0. The Kier molecular flexibility index (Phi) is 4.50. The predicted molar refractivity (Wildman–Crippen MR) is 43.7 cm³/mol. The van der Waals surface area contributed by atoms with Crippen molar-refractivity contribution in [1.29, 1.82) is 0 Å². The highest BCUT2D eigenvalue weighted by Gasteiger charge is 2.14. The van der Waals surface area contributed by atoms with Gasteiger partial charge in [0, 0.05) is 13.2 Å². The molecule has 1 atom stereocenters. The molecule has 0 amide bonds. The van der Waals surface area contributed by atoms with E-state index in [0.29, 0.717) is 6.10 Å². The van der Waals surface area contributed by atoms with Crippen molar-refractivity contribution in [1.82, 2.24) is 5.32 Å². The zero-order chi connectivity index (χ0) is 7.94. The maximum absolute atomic E-state index is 5.52. The summed E-state index contributed by atoms with van der Waals surface area (Å²) in [6.07, 6.45) is 1.42. The van der Waals surface area contributed by atoms with Crippen molar-refractivity contribution in [3.63, 3.8) is 0 Å². The maximum atomic E-state index is 5.52. The summed E-state index contributed by atoms with van der Waals surface area (Å²) < 4.78 is 10.7. The Morgan fingerprint density at radius 2 is 2.55 bits per heavy atom. The fourth-order valence-electron chi connectivity index (χ4n) is 1.12. The molecular weight excluding hydrogens is 142 g/mol. The molecule has 1 aliphatic rings. The SMILES string of the molecule is CCNCCOC1CCOC1. The molecule has 0 spiro atoms. The standard InChI is InChI=1S/C8H17NO2/c1-2-9-4-6-11-8-3-5-10-7-8/h8-9H,2-7H2,1H3. The predicted octanol–water partition coefficient (Wildman–Crippen LogP) is 0.401. The van der Waals surface area contributed by atoms with Gasteiger partial charge >= 0.3 is 0 Å². The number of nitrogens with one attached hydrogen (secondary N) is 1. The molecule has 0 radical (unpaired) electrons. The molecule has 1 heterocycles. The van der Waals surface area contributed by atoms with Gasteiger partial charge in [-0.2, -0.15) is 0 Å². The van der Waals surface area contributed by atoms with E-state index in [0.717, 1.165) is 39.3 Å². The lowest BCUT2D eigenvalue weighted by Crippen LogP contribution is -2.23. The molecule has 3 heteroatoms. The maximum Gasteiger partial charge on any atom is 0.0831 e. The third kappa shape index (κ3) is 3.70. The van der Waals surface area contributed by atoms with Gasteiger partial charge in [0.2, 0.25) is 0 Å². The van der Waals surface area contributed by atoms with E-state index in [2.05, 4.69) is 12.2 Å². The van der Waals surface area contributed by atoms with Gasteiger partial charge in [-0.1, -0.05) is 6.92 Å². The van der Waals surface area contributed by atoms with Crippen LogP contribution in [0.1, 0.15) is 13.3 Å². The van der Waals surface area contributed by atoms with Crippen molar-refractivity contribution in [2.24, 2.45) is 0 Å². The van der Waals surface area contributed by atoms with Crippen LogP contribution >= 0.6 is 0 Å². The van der Waals surface area contributed by atoms with Crippen LogP contribution in [0.4, 0.5) is 0 Å². The molecule has 11 heavy (non-hydrogen) atoms. The summed E-state index contributed by atoms with van der Waals surface area (Å²) in [6, 6.07) is 0. The van der Waals surface area contributed by atoms with Gasteiger partial charge in [-0.25, -0.2) is 0 Å². The summed E-state index contributed by atoms with van der Waals surface area (Å²) in [5.41, 5.74) is 0. The Balaban J connectivity index is 1.86. The van der Waals surface area contributed by atoms with Crippen molar-refractivity contribution in [2.75, 3.05) is 32.9 Å². The zero-order valence-corrected chi connectivity index (χ0v) is 7.14. The topological polar surface area (TPSA) is 30.5 Å². The van der Waals surface area contributed by atoms with Gasteiger partial charge in [-0.3, -0.25) is 0 Å². The van der Waals surface area contributed by atoms with Gasteiger partial charge in [0.25, 0.3) is 0 Å². The Hall–Kier alpha value is -0.120. The van der Waals surface area contributed by atoms with E-state index in [-0.39, 0.29) is 0 Å². The first kappa shape index (κ1) is 8.97. The highest BCUT2D eigenvalue weighted by atomic mass is 16.5. The number of likely N-dealkylation sites (N-methyl/N-ethyl adjacent to an activating group) is 1. The fraction of sp³-hybridized carbons (Fsp3) is 1.00. The Morgan fingerprint density at radius 3 is 3.18 bits per heavy atom. The van der Waals surface area contributed by atoms with E-state index < -0.39 is 0 Å². The molecule has 66 valence electrons. The van der Waals surface area contributed by atoms with Crippen LogP contribution in [0.15, 0.2) is 0 Å². The van der Waals surface area contributed by atoms with Crippen LogP contribution in [0.25, 0.3) is 0 Å². The molecule has 1 rings (SSSR count). The first-order valence-corrected chi connectivity index (χ1v) is 4.33. The summed E-state index contributed by atoms with van der Waals surface area (Å²) >= 11 is 0. The van der Waals surface area contributed by atoms with Gasteiger partial charge in [0.05, 0.1) is 19.3 Å². The molecule has 0 aromatic heterocycles. The fourth-order valence-corrected chi connectivity index (χ4v) is 1.12. The molecular formula is C8H17NO2. The summed E-state index contributed by atoms with van der Waals surface area (Å²) in [6.45, 7) is 6.52. The van der Waals surface area contributed by atoms with Crippen LogP contribution in [-0.4, -0.2) is 39.0 Å². The normalized spacial score (nSPS) is 24.3. The first-order valence-electron chi connectivity index (χ1n) is 4.33. The van der Waals surface area contributed by atoms with E-state index in [1.165, 1.54) is 0 Å². The van der Waals surface area contributed by atoms with Crippen molar-refractivity contribution >= 4 is 0 Å². The van der Waals surface area contributed by atoms with E-state index in [4.69, 9.17) is 9.47 Å². The molecule has 3 nitrogen and oxygen atoms in total. The molecule has 1 unspecified atom stereocenters. The highest BCUT2D eigenvalue weighted by Crippen LogP contribution is 2.06. The molecule has 0 saturated carbocycles. The van der Waals surface area contributed by atoms with Crippen LogP contribution in [0.3, 0.4) is 0 Å². The molecule has 1 saturated heterocycles. The second-order valence-electron chi connectivity index (χ2n) is 2.71. The lowest BCUT2D eigenvalue weighted by Gasteiger charge is -2.09. The van der Waals surface area contributed by atoms with Crippen molar-refractivity contribution in [2.45, 2.75) is 19.4 Å². The average molecular weight is 159 g/mol. The minimum atomic E-state index is 0.355. The number of rotatable bonds is 5.